The van der Waals surface area contributed by atoms with Crippen LogP contribution in [0.5, 0.6) is 0 Å². The highest BCUT2D eigenvalue weighted by Gasteiger charge is 2.23. The number of nitrogens with zero attached hydrogens (tertiary/aromatic N) is 4. The van der Waals surface area contributed by atoms with Crippen molar-refractivity contribution in [2.24, 2.45) is 0 Å². The van der Waals surface area contributed by atoms with Gasteiger partial charge >= 0.3 is 0 Å². The van der Waals surface area contributed by atoms with Crippen LogP contribution in [0.15, 0.2) is 154 Å². The molecule has 10 rings (SSSR count). The lowest BCUT2D eigenvalue weighted by Gasteiger charge is -2.10. The molecule has 0 spiro atoms. The van der Waals surface area contributed by atoms with Crippen molar-refractivity contribution in [2.45, 2.75) is 0 Å². The van der Waals surface area contributed by atoms with Crippen LogP contribution in [0, 0.1) is 0 Å². The summed E-state index contributed by atoms with van der Waals surface area (Å²) in [5, 5.41) is 6.23. The third-order valence-corrected chi connectivity index (χ3v) is 8.92. The van der Waals surface area contributed by atoms with Gasteiger partial charge in [0.05, 0.1) is 10.9 Å². The van der Waals surface area contributed by atoms with E-state index in [1.165, 1.54) is 0 Å². The molecule has 0 saturated heterocycles. The monoisotopic (exact) mass is 616 g/mol. The molecule has 0 N–H and O–H groups in total. The number of furan rings is 1. The summed E-state index contributed by atoms with van der Waals surface area (Å²) in [6, 6.07) is 48.9. The van der Waals surface area contributed by atoms with Gasteiger partial charge in [-0.15, -0.1) is 0 Å². The van der Waals surface area contributed by atoms with Crippen LogP contribution in [0.25, 0.3) is 100 Å². The number of fused-ring (bicyclic) bond motifs is 8. The highest BCUT2D eigenvalue weighted by molar-refractivity contribution is 6.27. The largest absolute Gasteiger partial charge is 0.455 e. The van der Waals surface area contributed by atoms with Gasteiger partial charge in [0.15, 0.2) is 23.1 Å². The summed E-state index contributed by atoms with van der Waals surface area (Å²) in [5.41, 5.74) is 6.37. The molecule has 6 heteroatoms. The first-order chi connectivity index (χ1) is 23.8. The Labute approximate surface area is 274 Å². The fourth-order valence-corrected chi connectivity index (χ4v) is 6.64. The molecule has 224 valence electrons. The van der Waals surface area contributed by atoms with Crippen molar-refractivity contribution in [1.82, 2.24) is 19.9 Å². The van der Waals surface area contributed by atoms with E-state index in [2.05, 4.69) is 48.5 Å². The molecule has 3 heterocycles. The predicted molar refractivity (Wildman–Crippen MR) is 191 cm³/mol. The van der Waals surface area contributed by atoms with E-state index in [-0.39, 0.29) is 0 Å². The van der Waals surface area contributed by atoms with E-state index in [0.29, 0.717) is 34.5 Å². The van der Waals surface area contributed by atoms with Crippen LogP contribution in [0.4, 0.5) is 0 Å². The molecule has 10 aromatic rings. The average Bonchev–Trinajstić information content (AvgIpc) is 3.77. The molecule has 0 bridgehead atoms. The Bertz CT molecular complexity index is 2840. The van der Waals surface area contributed by atoms with E-state index in [1.807, 2.05) is 97.1 Å². The Morgan fingerprint density at radius 3 is 1.85 bits per heavy atom. The van der Waals surface area contributed by atoms with E-state index in [4.69, 9.17) is 28.8 Å². The number of hydrogen-bond donors (Lipinski definition) is 0. The van der Waals surface area contributed by atoms with Crippen molar-refractivity contribution in [1.29, 1.82) is 0 Å². The molecule has 0 saturated carbocycles. The van der Waals surface area contributed by atoms with Gasteiger partial charge in [0.1, 0.15) is 16.7 Å². The van der Waals surface area contributed by atoms with E-state index in [9.17, 15) is 0 Å². The minimum absolute atomic E-state index is 0.531. The molecule has 0 atom stereocenters. The zero-order valence-electron chi connectivity index (χ0n) is 25.5. The summed E-state index contributed by atoms with van der Waals surface area (Å²) in [5.74, 6) is 2.28. The first kappa shape index (κ1) is 26.5. The quantitative estimate of drug-likeness (QED) is 0.196. The number of oxazole rings is 1. The van der Waals surface area contributed by atoms with Gasteiger partial charge in [0.2, 0.25) is 5.89 Å². The molecule has 0 aliphatic heterocycles. The van der Waals surface area contributed by atoms with Crippen LogP contribution >= 0.6 is 0 Å². The fourth-order valence-electron chi connectivity index (χ4n) is 6.64. The highest BCUT2D eigenvalue weighted by atomic mass is 16.4. The maximum Gasteiger partial charge on any atom is 0.227 e. The van der Waals surface area contributed by atoms with Crippen LogP contribution < -0.4 is 0 Å². The number of aromatic nitrogens is 4. The van der Waals surface area contributed by atoms with Gasteiger partial charge in [-0.05, 0) is 57.9 Å². The number of hydrogen-bond acceptors (Lipinski definition) is 6. The van der Waals surface area contributed by atoms with Gasteiger partial charge in [-0.2, -0.15) is 0 Å². The van der Waals surface area contributed by atoms with E-state index in [1.54, 1.807) is 0 Å². The Morgan fingerprint density at radius 2 is 1.04 bits per heavy atom. The summed E-state index contributed by atoms with van der Waals surface area (Å²) in [7, 11) is 0. The SMILES string of the molecule is c1ccc(-c2nc(-c3ccc4ccccc4c3)nc(-c3cc4ccccc4c4c3oc3ccc5oc(-c6ccccc6)nc5c34)n2)cc1. The second kappa shape index (κ2) is 10.4. The third-order valence-electron chi connectivity index (χ3n) is 8.92. The molecule has 0 aliphatic rings. The van der Waals surface area contributed by atoms with Crippen molar-refractivity contribution in [3.63, 3.8) is 0 Å². The molecule has 0 radical (unpaired) electrons. The van der Waals surface area contributed by atoms with Gasteiger partial charge in [-0.1, -0.05) is 109 Å². The smallest absolute Gasteiger partial charge is 0.227 e. The molecule has 0 aliphatic carbocycles. The topological polar surface area (TPSA) is 77.8 Å². The Kier molecular flexibility index (Phi) is 5.77. The third kappa shape index (κ3) is 4.20. The molecule has 48 heavy (non-hydrogen) atoms. The normalized spacial score (nSPS) is 11.8. The molecular weight excluding hydrogens is 592 g/mol. The summed E-state index contributed by atoms with van der Waals surface area (Å²) < 4.78 is 13.0. The second-order valence-corrected chi connectivity index (χ2v) is 11.9. The molecular formula is C42H24N4O2. The Balaban J connectivity index is 1.27. The summed E-state index contributed by atoms with van der Waals surface area (Å²) in [6.45, 7) is 0. The van der Waals surface area contributed by atoms with E-state index in [0.717, 1.165) is 65.7 Å². The molecule has 3 aromatic heterocycles. The summed E-state index contributed by atoms with van der Waals surface area (Å²) >= 11 is 0. The number of benzene rings is 7. The Hall–Kier alpha value is -6.66. The minimum atomic E-state index is 0.531. The number of rotatable bonds is 4. The van der Waals surface area contributed by atoms with Crippen molar-refractivity contribution in [3.8, 4) is 45.6 Å². The fraction of sp³-hybridized carbons (Fsp3) is 0. The molecule has 6 nitrogen and oxygen atoms in total. The van der Waals surface area contributed by atoms with Crippen molar-refractivity contribution in [2.75, 3.05) is 0 Å². The first-order valence-electron chi connectivity index (χ1n) is 15.8. The van der Waals surface area contributed by atoms with Gasteiger partial charge < -0.3 is 8.83 Å². The van der Waals surface area contributed by atoms with Gasteiger partial charge in [0.25, 0.3) is 0 Å². The zero-order chi connectivity index (χ0) is 31.6. The first-order valence-corrected chi connectivity index (χ1v) is 15.8. The molecule has 7 aromatic carbocycles. The lowest BCUT2D eigenvalue weighted by atomic mass is 9.99. The van der Waals surface area contributed by atoms with Gasteiger partial charge in [-0.25, -0.2) is 19.9 Å². The molecule has 0 fully saturated rings. The average molecular weight is 617 g/mol. The van der Waals surface area contributed by atoms with Crippen LogP contribution in [-0.2, 0) is 0 Å². The van der Waals surface area contributed by atoms with Crippen LogP contribution in [-0.4, -0.2) is 19.9 Å². The van der Waals surface area contributed by atoms with Crippen LogP contribution in [0.2, 0.25) is 0 Å². The standard InChI is InChI=1S/C42H24N4O2/c1-3-12-26(13-4-1)39-44-40(30-20-19-25-11-7-8-16-28(25)23-30)46-41(45-39)32-24-29-17-9-10-18-31(29)35-36-33(47-38(32)35)21-22-34-37(36)43-42(48-34)27-14-5-2-6-15-27/h1-24H. The minimum Gasteiger partial charge on any atom is -0.455 e. The summed E-state index contributed by atoms with van der Waals surface area (Å²) in [4.78, 5) is 20.2. The highest BCUT2D eigenvalue weighted by Crippen LogP contribution is 2.43. The van der Waals surface area contributed by atoms with Crippen molar-refractivity contribution >= 4 is 54.6 Å². The molecule has 0 amide bonds. The van der Waals surface area contributed by atoms with Gasteiger partial charge in [-0.3, -0.25) is 0 Å². The van der Waals surface area contributed by atoms with E-state index >= 15 is 0 Å². The predicted octanol–water partition coefficient (Wildman–Crippen LogP) is 10.9. The van der Waals surface area contributed by atoms with Crippen LogP contribution in [0.1, 0.15) is 0 Å². The van der Waals surface area contributed by atoms with Gasteiger partial charge in [0, 0.05) is 22.1 Å². The van der Waals surface area contributed by atoms with E-state index < -0.39 is 0 Å². The lowest BCUT2D eigenvalue weighted by Crippen LogP contribution is -2.00. The molecule has 0 unspecified atom stereocenters. The second-order valence-electron chi connectivity index (χ2n) is 11.9. The maximum atomic E-state index is 6.74. The van der Waals surface area contributed by atoms with Crippen molar-refractivity contribution < 1.29 is 8.83 Å². The maximum absolute atomic E-state index is 6.74. The van der Waals surface area contributed by atoms with Crippen molar-refractivity contribution in [3.05, 3.63) is 146 Å². The Morgan fingerprint density at radius 1 is 0.396 bits per heavy atom. The lowest BCUT2D eigenvalue weighted by molar-refractivity contribution is 0.619. The summed E-state index contributed by atoms with van der Waals surface area (Å²) in [6.07, 6.45) is 0. The zero-order valence-corrected chi connectivity index (χ0v) is 25.5. The van der Waals surface area contributed by atoms with Crippen LogP contribution in [0.3, 0.4) is 0 Å².